The number of halogens is 1. The quantitative estimate of drug-likeness (QED) is 0.694. The largest absolute Gasteiger partial charge is 0.275 e. The van der Waals surface area contributed by atoms with Crippen LogP contribution in [0.4, 0.5) is 0 Å². The van der Waals surface area contributed by atoms with Crippen molar-refractivity contribution in [3.8, 4) is 0 Å². The van der Waals surface area contributed by atoms with Gasteiger partial charge in [-0.15, -0.1) is 0 Å². The Morgan fingerprint density at radius 3 is 2.78 bits per heavy atom. The summed E-state index contributed by atoms with van der Waals surface area (Å²) in [5, 5.41) is 8.44. The second-order valence-electron chi connectivity index (χ2n) is 4.01. The molecule has 0 unspecified atom stereocenters. The third-order valence-electron chi connectivity index (χ3n) is 2.75. The first-order chi connectivity index (χ1) is 8.47. The summed E-state index contributed by atoms with van der Waals surface area (Å²) >= 11 is 6.01. The third kappa shape index (κ3) is 1.65. The van der Waals surface area contributed by atoms with Crippen LogP contribution in [-0.4, -0.2) is 29.9 Å². The van der Waals surface area contributed by atoms with Gasteiger partial charge in [-0.1, -0.05) is 11.6 Å². The Kier molecular flexibility index (Phi) is 2.33. The van der Waals surface area contributed by atoms with Crippen molar-refractivity contribution in [1.82, 2.24) is 15.2 Å². The molecule has 5 nitrogen and oxygen atoms in total. The first-order valence-corrected chi connectivity index (χ1v) is 7.36. The van der Waals surface area contributed by atoms with E-state index in [0.717, 1.165) is 5.39 Å². The number of nitrogens with zero attached hydrogens (tertiary/aromatic N) is 2. The van der Waals surface area contributed by atoms with Gasteiger partial charge < -0.3 is 0 Å². The first-order valence-electron chi connectivity index (χ1n) is 5.09. The van der Waals surface area contributed by atoms with Crippen molar-refractivity contribution in [2.75, 3.05) is 6.26 Å². The van der Waals surface area contributed by atoms with E-state index in [1.54, 1.807) is 18.3 Å². The van der Waals surface area contributed by atoms with Crippen LogP contribution in [-0.2, 0) is 9.84 Å². The molecule has 3 aromatic rings. The number of nitrogens with one attached hydrogen (secondary N) is 1. The summed E-state index contributed by atoms with van der Waals surface area (Å²) in [6.07, 6.45) is 2.78. The van der Waals surface area contributed by atoms with Gasteiger partial charge in [0, 0.05) is 17.0 Å². The fourth-order valence-electron chi connectivity index (χ4n) is 1.87. The molecule has 7 heteroatoms. The summed E-state index contributed by atoms with van der Waals surface area (Å²) in [6, 6.07) is 4.75. The zero-order valence-electron chi connectivity index (χ0n) is 9.31. The highest BCUT2D eigenvalue weighted by Crippen LogP contribution is 2.28. The van der Waals surface area contributed by atoms with Crippen LogP contribution in [0.5, 0.6) is 0 Å². The molecule has 18 heavy (non-hydrogen) atoms. The number of benzene rings is 1. The number of hydrogen-bond donors (Lipinski definition) is 1. The number of sulfone groups is 1. The first kappa shape index (κ1) is 11.4. The van der Waals surface area contributed by atoms with Gasteiger partial charge in [0.05, 0.1) is 16.6 Å². The molecular formula is C11H8ClN3O2S. The van der Waals surface area contributed by atoms with E-state index < -0.39 is 9.84 Å². The summed E-state index contributed by atoms with van der Waals surface area (Å²) in [4.78, 5) is 4.45. The topological polar surface area (TPSA) is 75.7 Å². The molecular weight excluding hydrogens is 274 g/mol. The van der Waals surface area contributed by atoms with Gasteiger partial charge in [0.1, 0.15) is 5.52 Å². The number of aromatic amines is 1. The lowest BCUT2D eigenvalue weighted by Crippen LogP contribution is -1.97. The van der Waals surface area contributed by atoms with E-state index in [4.69, 9.17) is 11.6 Å². The van der Waals surface area contributed by atoms with Crippen molar-refractivity contribution in [3.05, 3.63) is 29.5 Å². The van der Waals surface area contributed by atoms with E-state index >= 15 is 0 Å². The summed E-state index contributed by atoms with van der Waals surface area (Å²) in [5.41, 5.74) is 1.25. The van der Waals surface area contributed by atoms with Crippen LogP contribution in [0.25, 0.3) is 21.8 Å². The number of H-pyrrole nitrogens is 1. The molecule has 92 valence electrons. The SMILES string of the molecule is CS(=O)(=O)c1ccc2nc(Cl)c3[nH]ncc3c2c1. The predicted molar refractivity (Wildman–Crippen MR) is 69.5 cm³/mol. The van der Waals surface area contributed by atoms with Gasteiger partial charge in [-0.2, -0.15) is 5.10 Å². The Bertz CT molecular complexity index is 871. The Labute approximate surface area is 108 Å². The Morgan fingerprint density at radius 1 is 1.28 bits per heavy atom. The number of fused-ring (bicyclic) bond motifs is 3. The second kappa shape index (κ2) is 3.66. The van der Waals surface area contributed by atoms with E-state index in [-0.39, 0.29) is 4.90 Å². The van der Waals surface area contributed by atoms with Crippen molar-refractivity contribution in [3.63, 3.8) is 0 Å². The van der Waals surface area contributed by atoms with Crippen LogP contribution >= 0.6 is 11.6 Å². The Morgan fingerprint density at radius 2 is 2.06 bits per heavy atom. The average molecular weight is 282 g/mol. The molecule has 2 aromatic heterocycles. The van der Waals surface area contributed by atoms with E-state index in [9.17, 15) is 8.42 Å². The maximum atomic E-state index is 11.5. The zero-order valence-corrected chi connectivity index (χ0v) is 10.9. The van der Waals surface area contributed by atoms with Crippen LogP contribution in [0.1, 0.15) is 0 Å². The molecule has 0 aliphatic heterocycles. The lowest BCUT2D eigenvalue weighted by molar-refractivity contribution is 0.602. The van der Waals surface area contributed by atoms with E-state index in [1.807, 2.05) is 0 Å². The van der Waals surface area contributed by atoms with Gasteiger partial charge in [-0.3, -0.25) is 5.10 Å². The monoisotopic (exact) mass is 281 g/mol. The molecule has 3 rings (SSSR count). The molecule has 0 aliphatic rings. The highest BCUT2D eigenvalue weighted by atomic mass is 35.5. The maximum absolute atomic E-state index is 11.5. The normalized spacial score (nSPS) is 12.3. The van der Waals surface area contributed by atoms with Crippen molar-refractivity contribution < 1.29 is 8.42 Å². The van der Waals surface area contributed by atoms with E-state index in [2.05, 4.69) is 15.2 Å². The predicted octanol–water partition coefficient (Wildman–Crippen LogP) is 2.17. The third-order valence-corrected chi connectivity index (χ3v) is 4.13. The van der Waals surface area contributed by atoms with Crippen molar-refractivity contribution in [1.29, 1.82) is 0 Å². The number of rotatable bonds is 1. The number of pyridine rings is 1. The van der Waals surface area contributed by atoms with Gasteiger partial charge in [-0.05, 0) is 18.2 Å². The lowest BCUT2D eigenvalue weighted by atomic mass is 10.1. The van der Waals surface area contributed by atoms with Crippen molar-refractivity contribution in [2.24, 2.45) is 0 Å². The lowest BCUT2D eigenvalue weighted by Gasteiger charge is -2.03. The van der Waals surface area contributed by atoms with Gasteiger partial charge in [-0.25, -0.2) is 13.4 Å². The second-order valence-corrected chi connectivity index (χ2v) is 6.39. The molecule has 1 N–H and O–H groups in total. The summed E-state index contributed by atoms with van der Waals surface area (Å²) in [6.45, 7) is 0. The molecule has 2 heterocycles. The standard InChI is InChI=1S/C11H8ClN3O2S/c1-18(16,17)6-2-3-9-7(4-6)8-5-13-15-10(8)11(12)14-9/h2-5H,1H3,(H,13,15). The molecule has 1 aromatic carbocycles. The highest BCUT2D eigenvalue weighted by molar-refractivity contribution is 7.90. The molecule has 0 amide bonds. The Balaban J connectivity index is 2.50. The van der Waals surface area contributed by atoms with Crippen molar-refractivity contribution in [2.45, 2.75) is 4.90 Å². The van der Waals surface area contributed by atoms with Crippen LogP contribution < -0.4 is 0 Å². The van der Waals surface area contributed by atoms with Gasteiger partial charge in [0.25, 0.3) is 0 Å². The van der Waals surface area contributed by atoms with Gasteiger partial charge in [0.2, 0.25) is 0 Å². The van der Waals surface area contributed by atoms with Gasteiger partial charge in [0.15, 0.2) is 15.0 Å². The molecule has 0 atom stereocenters. The van der Waals surface area contributed by atoms with Crippen LogP contribution in [0, 0.1) is 0 Å². The van der Waals surface area contributed by atoms with Gasteiger partial charge >= 0.3 is 0 Å². The van der Waals surface area contributed by atoms with E-state index in [0.29, 0.717) is 21.6 Å². The summed E-state index contributed by atoms with van der Waals surface area (Å²) in [5.74, 6) is 0. The number of aromatic nitrogens is 3. The minimum Gasteiger partial charge on any atom is -0.275 e. The molecule has 0 radical (unpaired) electrons. The summed E-state index contributed by atoms with van der Waals surface area (Å²) in [7, 11) is -3.25. The van der Waals surface area contributed by atoms with E-state index in [1.165, 1.54) is 12.3 Å². The molecule has 0 fully saturated rings. The molecule has 0 saturated heterocycles. The van der Waals surface area contributed by atoms with Crippen LogP contribution in [0.3, 0.4) is 0 Å². The van der Waals surface area contributed by atoms with Crippen molar-refractivity contribution >= 4 is 43.2 Å². The van der Waals surface area contributed by atoms with Crippen LogP contribution in [0.15, 0.2) is 29.3 Å². The molecule has 0 saturated carbocycles. The fourth-order valence-corrected chi connectivity index (χ4v) is 2.75. The smallest absolute Gasteiger partial charge is 0.175 e. The molecule has 0 spiro atoms. The maximum Gasteiger partial charge on any atom is 0.175 e. The average Bonchev–Trinajstić information content (AvgIpc) is 2.77. The fraction of sp³-hybridized carbons (Fsp3) is 0.0909. The zero-order chi connectivity index (χ0) is 12.9. The molecule has 0 bridgehead atoms. The minimum absolute atomic E-state index is 0.252. The summed E-state index contributed by atoms with van der Waals surface area (Å²) < 4.78 is 23.1. The molecule has 0 aliphatic carbocycles. The highest BCUT2D eigenvalue weighted by Gasteiger charge is 2.12. The van der Waals surface area contributed by atoms with Crippen LogP contribution in [0.2, 0.25) is 5.15 Å². The Hall–Kier alpha value is -1.66. The minimum atomic E-state index is -3.25. The number of hydrogen-bond acceptors (Lipinski definition) is 4.